The van der Waals surface area contributed by atoms with Gasteiger partial charge in [0.2, 0.25) is 0 Å². The van der Waals surface area contributed by atoms with Gasteiger partial charge >= 0.3 is 0 Å². The predicted octanol–water partition coefficient (Wildman–Crippen LogP) is 4.19. The van der Waals surface area contributed by atoms with Crippen LogP contribution in [0.4, 0.5) is 20.2 Å². The molecule has 0 aliphatic carbocycles. The van der Waals surface area contributed by atoms with E-state index in [4.69, 9.17) is 9.72 Å². The van der Waals surface area contributed by atoms with E-state index in [-0.39, 0.29) is 24.1 Å². The Balaban J connectivity index is 1.43. The van der Waals surface area contributed by atoms with Gasteiger partial charge in [-0.05, 0) is 54.8 Å². The Kier molecular flexibility index (Phi) is 6.44. The molecular weight excluding hydrogens is 466 g/mol. The first kappa shape index (κ1) is 24.3. The van der Waals surface area contributed by atoms with Crippen molar-refractivity contribution in [2.24, 2.45) is 5.92 Å². The van der Waals surface area contributed by atoms with E-state index in [1.165, 1.54) is 12.3 Å². The van der Waals surface area contributed by atoms with E-state index in [1.807, 2.05) is 25.3 Å². The number of aromatic nitrogens is 2. The normalized spacial score (nSPS) is 19.4. The van der Waals surface area contributed by atoms with Gasteiger partial charge in [-0.25, -0.2) is 0 Å². The number of morpholine rings is 1. The molecular formula is C27H28F2N4O3. The van der Waals surface area contributed by atoms with Gasteiger partial charge in [-0.3, -0.25) is 14.8 Å². The molecule has 0 bridgehead atoms. The Labute approximate surface area is 208 Å². The van der Waals surface area contributed by atoms with Crippen molar-refractivity contribution in [3.63, 3.8) is 0 Å². The van der Waals surface area contributed by atoms with Gasteiger partial charge in [0.1, 0.15) is 5.69 Å². The SMILES string of the molecule is Cc1ccc(NC(=O)c2ccnc(C(C)(F)F)c2)cc1-c1cnc2c(c1)N1CCOC[C@H]1[C@@H](CO)C2. The molecule has 7 nitrogen and oxygen atoms in total. The lowest BCUT2D eigenvalue weighted by atomic mass is 9.87. The summed E-state index contributed by atoms with van der Waals surface area (Å²) in [4.78, 5) is 23.5. The highest BCUT2D eigenvalue weighted by atomic mass is 19.3. The van der Waals surface area contributed by atoms with Crippen molar-refractivity contribution < 1.29 is 23.4 Å². The van der Waals surface area contributed by atoms with E-state index in [0.717, 1.165) is 47.6 Å². The van der Waals surface area contributed by atoms with Crippen LogP contribution >= 0.6 is 0 Å². The summed E-state index contributed by atoms with van der Waals surface area (Å²) in [5.74, 6) is -3.55. The van der Waals surface area contributed by atoms with Crippen LogP contribution in [0.15, 0.2) is 48.8 Å². The van der Waals surface area contributed by atoms with Crippen LogP contribution < -0.4 is 10.2 Å². The number of aliphatic hydroxyl groups is 1. The van der Waals surface area contributed by atoms with E-state index in [1.54, 1.807) is 6.07 Å². The summed E-state index contributed by atoms with van der Waals surface area (Å²) in [6.07, 6.45) is 3.72. The fourth-order valence-electron chi connectivity index (χ4n) is 4.94. The van der Waals surface area contributed by atoms with Crippen molar-refractivity contribution in [2.75, 3.05) is 36.6 Å². The van der Waals surface area contributed by atoms with E-state index in [0.29, 0.717) is 25.3 Å². The van der Waals surface area contributed by atoms with Gasteiger partial charge in [0, 0.05) is 55.2 Å². The first-order chi connectivity index (χ1) is 17.2. The van der Waals surface area contributed by atoms with Crippen LogP contribution in [0.1, 0.15) is 34.2 Å². The summed E-state index contributed by atoms with van der Waals surface area (Å²) in [7, 11) is 0. The Bertz CT molecular complexity index is 1290. The molecule has 2 aliphatic heterocycles. The minimum absolute atomic E-state index is 0.0813. The lowest BCUT2D eigenvalue weighted by Crippen LogP contribution is -2.54. The Morgan fingerprint density at radius 2 is 2.08 bits per heavy atom. The summed E-state index contributed by atoms with van der Waals surface area (Å²) < 4.78 is 33.0. The fraction of sp³-hybridized carbons (Fsp3) is 0.370. The van der Waals surface area contributed by atoms with Gasteiger partial charge in [0.25, 0.3) is 11.8 Å². The third-order valence-electron chi connectivity index (χ3n) is 6.93. The molecule has 1 fully saturated rings. The van der Waals surface area contributed by atoms with E-state index in [2.05, 4.69) is 21.3 Å². The zero-order valence-corrected chi connectivity index (χ0v) is 20.2. The van der Waals surface area contributed by atoms with Crippen molar-refractivity contribution in [2.45, 2.75) is 32.2 Å². The molecule has 0 spiro atoms. The lowest BCUT2D eigenvalue weighted by molar-refractivity contribution is 0.0127. The first-order valence-electron chi connectivity index (χ1n) is 12.0. The van der Waals surface area contributed by atoms with Crippen molar-refractivity contribution in [1.29, 1.82) is 0 Å². The largest absolute Gasteiger partial charge is 0.396 e. The number of aryl methyl sites for hydroxylation is 1. The van der Waals surface area contributed by atoms with Crippen molar-refractivity contribution in [3.05, 3.63) is 71.3 Å². The quantitative estimate of drug-likeness (QED) is 0.553. The number of pyridine rings is 2. The van der Waals surface area contributed by atoms with Crippen LogP contribution in [-0.2, 0) is 17.1 Å². The number of aliphatic hydroxyl groups excluding tert-OH is 1. The third-order valence-corrected chi connectivity index (χ3v) is 6.93. The first-order valence-corrected chi connectivity index (χ1v) is 12.0. The van der Waals surface area contributed by atoms with Crippen LogP contribution in [0.2, 0.25) is 0 Å². The molecule has 0 saturated carbocycles. The molecule has 0 unspecified atom stereocenters. The van der Waals surface area contributed by atoms with Crippen molar-refractivity contribution >= 4 is 17.3 Å². The second kappa shape index (κ2) is 9.55. The molecule has 0 radical (unpaired) electrons. The number of ether oxygens (including phenoxy) is 1. The number of amides is 1. The number of fused-ring (bicyclic) bond motifs is 3. The third kappa shape index (κ3) is 4.68. The fourth-order valence-corrected chi connectivity index (χ4v) is 4.94. The number of rotatable bonds is 5. The molecule has 36 heavy (non-hydrogen) atoms. The summed E-state index contributed by atoms with van der Waals surface area (Å²) in [6.45, 7) is 4.76. The molecule has 5 rings (SSSR count). The molecule has 188 valence electrons. The van der Waals surface area contributed by atoms with Gasteiger partial charge in [-0.2, -0.15) is 8.78 Å². The highest BCUT2D eigenvalue weighted by Gasteiger charge is 2.37. The zero-order valence-electron chi connectivity index (χ0n) is 20.2. The Hall–Kier alpha value is -3.43. The molecule has 3 aromatic rings. The second-order valence-corrected chi connectivity index (χ2v) is 9.47. The average molecular weight is 495 g/mol. The van der Waals surface area contributed by atoms with Crippen molar-refractivity contribution in [1.82, 2.24) is 9.97 Å². The van der Waals surface area contributed by atoms with Gasteiger partial charge < -0.3 is 20.1 Å². The van der Waals surface area contributed by atoms with E-state index >= 15 is 0 Å². The zero-order chi connectivity index (χ0) is 25.4. The molecule has 2 atom stereocenters. The highest BCUT2D eigenvalue weighted by Crippen LogP contribution is 2.37. The van der Waals surface area contributed by atoms with E-state index in [9.17, 15) is 18.7 Å². The average Bonchev–Trinajstić information content (AvgIpc) is 2.88. The molecule has 1 aromatic carbocycles. The minimum Gasteiger partial charge on any atom is -0.396 e. The standard InChI is InChI=1S/C27H28F2N4O3/c1-16-3-4-20(32-26(35)17-5-6-30-25(11-17)27(2,28)29)12-21(16)18-10-23-22(31-13-18)9-19(14-34)24-15-36-8-7-33(23)24/h3-6,10-13,19,24,34H,7-9,14-15H2,1-2H3,(H,32,35)/t19-,24+/m1/s1. The molecule has 2 N–H and O–H groups in total. The number of nitrogens with zero attached hydrogens (tertiary/aromatic N) is 3. The molecule has 1 saturated heterocycles. The maximum Gasteiger partial charge on any atom is 0.286 e. The van der Waals surface area contributed by atoms with Gasteiger partial charge in [0.05, 0.1) is 30.6 Å². The van der Waals surface area contributed by atoms with Gasteiger partial charge in [-0.15, -0.1) is 0 Å². The maximum atomic E-state index is 13.7. The highest BCUT2D eigenvalue weighted by molar-refractivity contribution is 6.04. The van der Waals surface area contributed by atoms with Crippen LogP contribution in [0.25, 0.3) is 11.1 Å². The number of carbonyl (C=O) groups is 1. The molecule has 2 aromatic heterocycles. The Morgan fingerprint density at radius 3 is 2.86 bits per heavy atom. The second-order valence-electron chi connectivity index (χ2n) is 9.47. The number of alkyl halides is 2. The lowest BCUT2D eigenvalue weighted by Gasteiger charge is -2.45. The van der Waals surface area contributed by atoms with Crippen LogP contribution in [-0.4, -0.2) is 53.4 Å². The maximum absolute atomic E-state index is 13.7. The number of anilines is 2. The summed E-state index contributed by atoms with van der Waals surface area (Å²) in [6, 6.07) is 10.3. The minimum atomic E-state index is -3.14. The van der Waals surface area contributed by atoms with Gasteiger partial charge in [-0.1, -0.05) is 6.07 Å². The topological polar surface area (TPSA) is 87.6 Å². The Morgan fingerprint density at radius 1 is 1.25 bits per heavy atom. The summed E-state index contributed by atoms with van der Waals surface area (Å²) >= 11 is 0. The van der Waals surface area contributed by atoms with Crippen LogP contribution in [0, 0.1) is 12.8 Å². The summed E-state index contributed by atoms with van der Waals surface area (Å²) in [5.41, 5.74) is 5.03. The van der Waals surface area contributed by atoms with E-state index < -0.39 is 17.5 Å². The summed E-state index contributed by atoms with van der Waals surface area (Å²) in [5, 5.41) is 12.7. The smallest absolute Gasteiger partial charge is 0.286 e. The number of benzene rings is 1. The number of nitrogens with one attached hydrogen (secondary N) is 1. The van der Waals surface area contributed by atoms with Crippen LogP contribution in [0.3, 0.4) is 0 Å². The molecule has 2 aliphatic rings. The number of hydrogen-bond donors (Lipinski definition) is 2. The van der Waals surface area contributed by atoms with Gasteiger partial charge in [0.15, 0.2) is 0 Å². The molecule has 4 heterocycles. The van der Waals surface area contributed by atoms with Crippen LogP contribution in [0.5, 0.6) is 0 Å². The number of halogens is 2. The molecule has 1 amide bonds. The molecule has 9 heteroatoms. The number of carbonyl (C=O) groups excluding carboxylic acids is 1. The predicted molar refractivity (Wildman–Crippen MR) is 132 cm³/mol. The number of hydrogen-bond acceptors (Lipinski definition) is 6. The van der Waals surface area contributed by atoms with Crippen molar-refractivity contribution in [3.8, 4) is 11.1 Å². The monoisotopic (exact) mass is 494 g/mol.